The molecule has 1 aromatic heterocycles. The number of phenols is 1. The summed E-state index contributed by atoms with van der Waals surface area (Å²) in [5.74, 6) is 1.29. The molecule has 0 spiro atoms. The zero-order valence-corrected chi connectivity index (χ0v) is 16.5. The first kappa shape index (κ1) is 18.7. The highest BCUT2D eigenvalue weighted by molar-refractivity contribution is 5.82. The Balaban J connectivity index is 1.63. The van der Waals surface area contributed by atoms with E-state index in [9.17, 15) is 5.11 Å². The van der Waals surface area contributed by atoms with E-state index in [0.29, 0.717) is 12.3 Å². The van der Waals surface area contributed by atoms with E-state index in [-0.39, 0.29) is 0 Å². The number of aromatic hydroxyl groups is 1. The van der Waals surface area contributed by atoms with Crippen LogP contribution in [0, 0.1) is 13.8 Å². The maximum atomic E-state index is 10.0. The number of fused-ring (bicyclic) bond motifs is 1. The minimum atomic E-state index is 0.361. The van der Waals surface area contributed by atoms with E-state index in [4.69, 9.17) is 10.7 Å². The summed E-state index contributed by atoms with van der Waals surface area (Å²) in [6.45, 7) is 9.39. The zero-order valence-electron chi connectivity index (χ0n) is 16.5. The van der Waals surface area contributed by atoms with Gasteiger partial charge in [-0.25, -0.2) is 4.98 Å². The number of phenolic OH excluding ortho intramolecular Hbond substituents is 1. The van der Waals surface area contributed by atoms with E-state index in [1.54, 1.807) is 0 Å². The molecule has 0 saturated carbocycles. The van der Waals surface area contributed by atoms with Gasteiger partial charge >= 0.3 is 0 Å². The van der Waals surface area contributed by atoms with E-state index in [0.717, 1.165) is 71.8 Å². The van der Waals surface area contributed by atoms with Crippen LogP contribution in [0.25, 0.3) is 22.2 Å². The SMILES string of the molecule is Cc1cc(-c2ccc3ncc(N4CCN(CCN)CC4)nc3c2)cc(C)c1O. The molecule has 2 aromatic carbocycles. The summed E-state index contributed by atoms with van der Waals surface area (Å²) in [5, 5.41) is 10.0. The maximum absolute atomic E-state index is 10.0. The van der Waals surface area contributed by atoms with Gasteiger partial charge in [-0.3, -0.25) is 9.88 Å². The van der Waals surface area contributed by atoms with Gasteiger partial charge in [0.15, 0.2) is 0 Å². The molecule has 6 nitrogen and oxygen atoms in total. The molecular formula is C22H27N5O. The van der Waals surface area contributed by atoms with Crippen LogP contribution in [0.2, 0.25) is 0 Å². The number of benzene rings is 2. The van der Waals surface area contributed by atoms with Gasteiger partial charge in [-0.2, -0.15) is 0 Å². The van der Waals surface area contributed by atoms with Crippen molar-refractivity contribution in [2.45, 2.75) is 13.8 Å². The zero-order chi connectivity index (χ0) is 19.7. The highest BCUT2D eigenvalue weighted by atomic mass is 16.3. The van der Waals surface area contributed by atoms with Crippen LogP contribution < -0.4 is 10.6 Å². The Labute approximate surface area is 165 Å². The van der Waals surface area contributed by atoms with Crippen molar-refractivity contribution in [3.63, 3.8) is 0 Å². The molecule has 1 saturated heterocycles. The molecule has 3 aromatic rings. The van der Waals surface area contributed by atoms with Crippen LogP contribution in [-0.2, 0) is 0 Å². The van der Waals surface area contributed by atoms with Crippen LogP contribution in [0.4, 0.5) is 5.82 Å². The molecule has 146 valence electrons. The fourth-order valence-electron chi connectivity index (χ4n) is 3.84. The molecule has 1 aliphatic rings. The number of piperazine rings is 1. The van der Waals surface area contributed by atoms with E-state index < -0.39 is 0 Å². The molecule has 4 rings (SSSR count). The fourth-order valence-corrected chi connectivity index (χ4v) is 3.84. The standard InChI is InChI=1S/C22H27N5O/c1-15-11-18(12-16(2)22(15)28)17-3-4-19-20(13-17)25-21(14-24-19)27-9-7-26(6-5-23)8-10-27/h3-4,11-14,28H,5-10,23H2,1-2H3. The van der Waals surface area contributed by atoms with Gasteiger partial charge < -0.3 is 15.7 Å². The second-order valence-corrected chi connectivity index (χ2v) is 7.51. The number of hydrogen-bond acceptors (Lipinski definition) is 6. The Morgan fingerprint density at radius 3 is 2.36 bits per heavy atom. The van der Waals surface area contributed by atoms with Gasteiger partial charge in [0.2, 0.25) is 0 Å². The Morgan fingerprint density at radius 1 is 0.964 bits per heavy atom. The number of anilines is 1. The Kier molecular flexibility index (Phi) is 5.15. The first-order valence-corrected chi connectivity index (χ1v) is 9.80. The van der Waals surface area contributed by atoms with Gasteiger partial charge in [0, 0.05) is 39.3 Å². The van der Waals surface area contributed by atoms with Gasteiger partial charge in [-0.1, -0.05) is 6.07 Å². The molecule has 0 bridgehead atoms. The van der Waals surface area contributed by atoms with Crippen LogP contribution >= 0.6 is 0 Å². The molecule has 28 heavy (non-hydrogen) atoms. The Bertz CT molecular complexity index is 972. The summed E-state index contributed by atoms with van der Waals surface area (Å²) >= 11 is 0. The van der Waals surface area contributed by atoms with Crippen molar-refractivity contribution in [1.82, 2.24) is 14.9 Å². The summed E-state index contributed by atoms with van der Waals surface area (Å²) in [7, 11) is 0. The van der Waals surface area contributed by atoms with Crippen molar-refractivity contribution in [2.24, 2.45) is 5.73 Å². The third-order valence-electron chi connectivity index (χ3n) is 5.50. The number of nitrogens with two attached hydrogens (primary N) is 1. The van der Waals surface area contributed by atoms with Crippen molar-refractivity contribution in [3.8, 4) is 16.9 Å². The van der Waals surface area contributed by atoms with Crippen LogP contribution in [0.3, 0.4) is 0 Å². The van der Waals surface area contributed by atoms with Gasteiger partial charge in [-0.15, -0.1) is 0 Å². The lowest BCUT2D eigenvalue weighted by atomic mass is 9.99. The lowest BCUT2D eigenvalue weighted by Crippen LogP contribution is -2.48. The summed E-state index contributed by atoms with van der Waals surface area (Å²) in [6, 6.07) is 10.2. The topological polar surface area (TPSA) is 78.5 Å². The fraction of sp³-hybridized carbons (Fsp3) is 0.364. The van der Waals surface area contributed by atoms with Crippen molar-refractivity contribution in [2.75, 3.05) is 44.2 Å². The highest BCUT2D eigenvalue weighted by Gasteiger charge is 2.18. The smallest absolute Gasteiger partial charge is 0.147 e. The quantitative estimate of drug-likeness (QED) is 0.728. The second-order valence-electron chi connectivity index (χ2n) is 7.51. The lowest BCUT2D eigenvalue weighted by molar-refractivity contribution is 0.264. The highest BCUT2D eigenvalue weighted by Crippen LogP contribution is 2.30. The minimum Gasteiger partial charge on any atom is -0.507 e. The molecular weight excluding hydrogens is 350 g/mol. The Morgan fingerprint density at radius 2 is 1.68 bits per heavy atom. The minimum absolute atomic E-state index is 0.361. The largest absolute Gasteiger partial charge is 0.507 e. The molecule has 0 unspecified atom stereocenters. The molecule has 2 heterocycles. The van der Waals surface area contributed by atoms with Gasteiger partial charge in [-0.05, 0) is 60.4 Å². The first-order valence-electron chi connectivity index (χ1n) is 9.80. The number of aromatic nitrogens is 2. The predicted octanol–water partition coefficient (Wildman–Crippen LogP) is 2.70. The normalized spacial score (nSPS) is 15.3. The summed E-state index contributed by atoms with van der Waals surface area (Å²) in [4.78, 5) is 14.2. The van der Waals surface area contributed by atoms with Crippen molar-refractivity contribution >= 4 is 16.9 Å². The van der Waals surface area contributed by atoms with Gasteiger partial charge in [0.25, 0.3) is 0 Å². The van der Waals surface area contributed by atoms with Crippen molar-refractivity contribution in [3.05, 3.63) is 47.7 Å². The van der Waals surface area contributed by atoms with E-state index in [1.807, 2.05) is 38.2 Å². The summed E-state index contributed by atoms with van der Waals surface area (Å²) in [6.07, 6.45) is 1.87. The van der Waals surface area contributed by atoms with E-state index >= 15 is 0 Å². The summed E-state index contributed by atoms with van der Waals surface area (Å²) < 4.78 is 0. The average Bonchev–Trinajstić information content (AvgIpc) is 2.71. The lowest BCUT2D eigenvalue weighted by Gasteiger charge is -2.35. The van der Waals surface area contributed by atoms with E-state index in [2.05, 4.69) is 26.9 Å². The molecule has 0 atom stereocenters. The second kappa shape index (κ2) is 7.73. The van der Waals surface area contributed by atoms with Crippen LogP contribution in [0.1, 0.15) is 11.1 Å². The van der Waals surface area contributed by atoms with Crippen molar-refractivity contribution in [1.29, 1.82) is 0 Å². The molecule has 0 aliphatic carbocycles. The molecule has 3 N–H and O–H groups in total. The van der Waals surface area contributed by atoms with Crippen LogP contribution in [0.15, 0.2) is 36.5 Å². The molecule has 1 aliphatic heterocycles. The van der Waals surface area contributed by atoms with Crippen LogP contribution in [0.5, 0.6) is 5.75 Å². The summed E-state index contributed by atoms with van der Waals surface area (Å²) in [5.41, 5.74) is 11.4. The monoisotopic (exact) mass is 377 g/mol. The van der Waals surface area contributed by atoms with Crippen molar-refractivity contribution < 1.29 is 5.11 Å². The number of hydrogen-bond donors (Lipinski definition) is 2. The third-order valence-corrected chi connectivity index (χ3v) is 5.50. The molecule has 0 amide bonds. The number of nitrogens with zero attached hydrogens (tertiary/aromatic N) is 4. The predicted molar refractivity (Wildman–Crippen MR) is 114 cm³/mol. The van der Waals surface area contributed by atoms with Crippen LogP contribution in [-0.4, -0.2) is 59.2 Å². The number of aryl methyl sites for hydroxylation is 2. The molecule has 1 fully saturated rings. The van der Waals surface area contributed by atoms with E-state index in [1.165, 1.54) is 0 Å². The average molecular weight is 377 g/mol. The van der Waals surface area contributed by atoms with Gasteiger partial charge in [0.05, 0.1) is 17.2 Å². The Hall–Kier alpha value is -2.70. The molecule has 6 heteroatoms. The number of rotatable bonds is 4. The maximum Gasteiger partial charge on any atom is 0.147 e. The molecule has 0 radical (unpaired) electrons. The van der Waals surface area contributed by atoms with Gasteiger partial charge in [0.1, 0.15) is 11.6 Å². The third kappa shape index (κ3) is 3.66. The first-order chi connectivity index (χ1) is 13.5.